The number of aliphatic hydroxyl groups excluding tert-OH is 1. The molecule has 0 bridgehead atoms. The van der Waals surface area contributed by atoms with Crippen molar-refractivity contribution in [3.63, 3.8) is 0 Å². The Bertz CT molecular complexity index is 337. The van der Waals surface area contributed by atoms with Gasteiger partial charge in [0.05, 0.1) is 12.6 Å². The standard InChI is InChI=1S/C14H25N3O/c1-11(2)13(10-17-8-4-7-16-17)15-9-12-5-3-6-14(12)18/h4,7-8,11-15,18H,3,5-6,9-10H2,1-2H3. The second kappa shape index (κ2) is 6.34. The largest absolute Gasteiger partial charge is 0.393 e. The summed E-state index contributed by atoms with van der Waals surface area (Å²) in [6, 6.07) is 2.37. The van der Waals surface area contributed by atoms with Gasteiger partial charge in [0.2, 0.25) is 0 Å². The molecule has 4 heteroatoms. The molecule has 3 atom stereocenters. The van der Waals surface area contributed by atoms with Gasteiger partial charge in [-0.15, -0.1) is 0 Å². The summed E-state index contributed by atoms with van der Waals surface area (Å²) in [5.41, 5.74) is 0. The van der Waals surface area contributed by atoms with Gasteiger partial charge in [-0.1, -0.05) is 20.3 Å². The molecule has 0 aliphatic heterocycles. The van der Waals surface area contributed by atoms with Crippen molar-refractivity contribution in [1.82, 2.24) is 15.1 Å². The molecule has 1 fully saturated rings. The highest BCUT2D eigenvalue weighted by Gasteiger charge is 2.26. The highest BCUT2D eigenvalue weighted by atomic mass is 16.3. The molecule has 3 unspecified atom stereocenters. The van der Waals surface area contributed by atoms with Crippen molar-refractivity contribution in [3.8, 4) is 0 Å². The number of aliphatic hydroxyl groups is 1. The van der Waals surface area contributed by atoms with E-state index in [0.29, 0.717) is 17.9 Å². The van der Waals surface area contributed by atoms with Crippen LogP contribution < -0.4 is 5.32 Å². The van der Waals surface area contributed by atoms with E-state index in [-0.39, 0.29) is 6.10 Å². The van der Waals surface area contributed by atoms with E-state index in [1.54, 1.807) is 0 Å². The van der Waals surface area contributed by atoms with Crippen LogP contribution in [0.3, 0.4) is 0 Å². The summed E-state index contributed by atoms with van der Waals surface area (Å²) in [7, 11) is 0. The molecule has 0 saturated heterocycles. The van der Waals surface area contributed by atoms with E-state index in [2.05, 4.69) is 24.3 Å². The van der Waals surface area contributed by atoms with Crippen molar-refractivity contribution < 1.29 is 5.11 Å². The molecule has 0 spiro atoms. The van der Waals surface area contributed by atoms with Crippen molar-refractivity contribution in [2.45, 2.75) is 51.8 Å². The zero-order valence-electron chi connectivity index (χ0n) is 11.4. The summed E-state index contributed by atoms with van der Waals surface area (Å²) < 4.78 is 1.97. The van der Waals surface area contributed by atoms with Gasteiger partial charge in [-0.2, -0.15) is 5.10 Å². The Hall–Kier alpha value is -0.870. The van der Waals surface area contributed by atoms with Crippen LogP contribution in [0, 0.1) is 11.8 Å². The van der Waals surface area contributed by atoms with Crippen molar-refractivity contribution in [2.75, 3.05) is 6.54 Å². The smallest absolute Gasteiger partial charge is 0.0580 e. The molecule has 1 aliphatic rings. The average molecular weight is 251 g/mol. The lowest BCUT2D eigenvalue weighted by molar-refractivity contribution is 0.127. The van der Waals surface area contributed by atoms with Gasteiger partial charge >= 0.3 is 0 Å². The van der Waals surface area contributed by atoms with Gasteiger partial charge in [-0.05, 0) is 30.7 Å². The van der Waals surface area contributed by atoms with Crippen LogP contribution in [0.25, 0.3) is 0 Å². The molecule has 2 N–H and O–H groups in total. The summed E-state index contributed by atoms with van der Waals surface area (Å²) in [5.74, 6) is 0.997. The van der Waals surface area contributed by atoms with E-state index in [4.69, 9.17) is 0 Å². The van der Waals surface area contributed by atoms with E-state index in [1.165, 1.54) is 6.42 Å². The monoisotopic (exact) mass is 251 g/mol. The van der Waals surface area contributed by atoms with Gasteiger partial charge in [-0.25, -0.2) is 0 Å². The van der Waals surface area contributed by atoms with Gasteiger partial charge in [0.1, 0.15) is 0 Å². The Kier molecular flexibility index (Phi) is 4.78. The number of hydrogen-bond donors (Lipinski definition) is 2. The van der Waals surface area contributed by atoms with E-state index >= 15 is 0 Å². The Balaban J connectivity index is 1.82. The third kappa shape index (κ3) is 3.56. The van der Waals surface area contributed by atoms with Gasteiger partial charge in [-0.3, -0.25) is 4.68 Å². The molecule has 4 nitrogen and oxygen atoms in total. The van der Waals surface area contributed by atoms with E-state index in [1.807, 2.05) is 23.1 Å². The molecule has 0 radical (unpaired) electrons. The van der Waals surface area contributed by atoms with Gasteiger partial charge in [0, 0.05) is 25.0 Å². The lowest BCUT2D eigenvalue weighted by atomic mass is 10.0. The molecule has 1 saturated carbocycles. The lowest BCUT2D eigenvalue weighted by Gasteiger charge is -2.25. The molecule has 2 rings (SSSR count). The number of rotatable bonds is 6. The van der Waals surface area contributed by atoms with Crippen molar-refractivity contribution in [2.24, 2.45) is 11.8 Å². The van der Waals surface area contributed by atoms with Crippen LogP contribution in [0.2, 0.25) is 0 Å². The van der Waals surface area contributed by atoms with Crippen LogP contribution in [0.15, 0.2) is 18.5 Å². The predicted molar refractivity (Wildman–Crippen MR) is 72.2 cm³/mol. The zero-order chi connectivity index (χ0) is 13.0. The molecule has 18 heavy (non-hydrogen) atoms. The molecule has 102 valence electrons. The van der Waals surface area contributed by atoms with Crippen LogP contribution >= 0.6 is 0 Å². The predicted octanol–water partition coefficient (Wildman–Crippen LogP) is 1.66. The zero-order valence-corrected chi connectivity index (χ0v) is 11.4. The van der Waals surface area contributed by atoms with Crippen molar-refractivity contribution >= 4 is 0 Å². The van der Waals surface area contributed by atoms with Crippen LogP contribution in [0.4, 0.5) is 0 Å². The van der Waals surface area contributed by atoms with Gasteiger partial charge in [0.15, 0.2) is 0 Å². The molecular weight excluding hydrogens is 226 g/mol. The van der Waals surface area contributed by atoms with Gasteiger partial charge < -0.3 is 10.4 Å². The van der Waals surface area contributed by atoms with Crippen molar-refractivity contribution in [3.05, 3.63) is 18.5 Å². The minimum absolute atomic E-state index is 0.102. The number of hydrogen-bond acceptors (Lipinski definition) is 3. The van der Waals surface area contributed by atoms with Crippen molar-refractivity contribution in [1.29, 1.82) is 0 Å². The maximum Gasteiger partial charge on any atom is 0.0580 e. The minimum Gasteiger partial charge on any atom is -0.393 e. The average Bonchev–Trinajstić information content (AvgIpc) is 2.96. The van der Waals surface area contributed by atoms with Crippen LogP contribution in [-0.2, 0) is 6.54 Å². The minimum atomic E-state index is -0.102. The molecule has 1 aromatic heterocycles. The first-order chi connectivity index (χ1) is 8.66. The van der Waals surface area contributed by atoms with Crippen LogP contribution in [0.1, 0.15) is 33.1 Å². The number of nitrogens with one attached hydrogen (secondary N) is 1. The Morgan fingerprint density at radius 2 is 2.28 bits per heavy atom. The first-order valence-electron chi connectivity index (χ1n) is 7.05. The molecule has 0 amide bonds. The summed E-state index contributed by atoms with van der Waals surface area (Å²) in [6.45, 7) is 6.28. The maximum atomic E-state index is 9.84. The summed E-state index contributed by atoms with van der Waals surface area (Å²) in [6.07, 6.45) is 7.01. The fourth-order valence-electron chi connectivity index (χ4n) is 2.68. The Morgan fingerprint density at radius 3 is 2.83 bits per heavy atom. The molecule has 1 heterocycles. The highest BCUT2D eigenvalue weighted by Crippen LogP contribution is 2.25. The van der Waals surface area contributed by atoms with Crippen LogP contribution in [0.5, 0.6) is 0 Å². The highest BCUT2D eigenvalue weighted by molar-refractivity contribution is 4.83. The molecule has 1 aliphatic carbocycles. The summed E-state index contributed by atoms with van der Waals surface area (Å²) in [5, 5.41) is 17.7. The number of nitrogens with zero attached hydrogens (tertiary/aromatic N) is 2. The fourth-order valence-corrected chi connectivity index (χ4v) is 2.68. The fraction of sp³-hybridized carbons (Fsp3) is 0.786. The Morgan fingerprint density at radius 1 is 1.44 bits per heavy atom. The SMILES string of the molecule is CC(C)C(Cn1cccn1)NCC1CCCC1O. The van der Waals surface area contributed by atoms with E-state index in [9.17, 15) is 5.11 Å². The van der Waals surface area contributed by atoms with Crippen LogP contribution in [-0.4, -0.2) is 33.6 Å². The third-order valence-electron chi connectivity index (χ3n) is 4.01. The summed E-state index contributed by atoms with van der Waals surface area (Å²) >= 11 is 0. The lowest BCUT2D eigenvalue weighted by Crippen LogP contribution is -2.41. The maximum absolute atomic E-state index is 9.84. The topological polar surface area (TPSA) is 50.1 Å². The Labute approximate surface area is 109 Å². The molecule has 1 aromatic rings. The summed E-state index contributed by atoms with van der Waals surface area (Å²) in [4.78, 5) is 0. The first-order valence-corrected chi connectivity index (χ1v) is 7.05. The van der Waals surface area contributed by atoms with Gasteiger partial charge in [0.25, 0.3) is 0 Å². The third-order valence-corrected chi connectivity index (χ3v) is 4.01. The van der Waals surface area contributed by atoms with E-state index in [0.717, 1.165) is 25.9 Å². The molecular formula is C14H25N3O. The second-order valence-electron chi connectivity index (χ2n) is 5.75. The second-order valence-corrected chi connectivity index (χ2v) is 5.75. The molecule has 0 aromatic carbocycles. The normalized spacial score (nSPS) is 25.8. The van der Waals surface area contributed by atoms with E-state index < -0.39 is 0 Å². The quantitative estimate of drug-likeness (QED) is 0.808. The number of aromatic nitrogens is 2. The first kappa shape index (κ1) is 13.6.